The number of hydrogen-bond acceptors (Lipinski definition) is 4. The summed E-state index contributed by atoms with van der Waals surface area (Å²) in [6, 6.07) is 0. The first-order chi connectivity index (χ1) is 7.84. The van der Waals surface area contributed by atoms with E-state index in [2.05, 4.69) is 15.3 Å². The Hall–Kier alpha value is -1.16. The highest BCUT2D eigenvalue weighted by molar-refractivity contribution is 5.23. The van der Waals surface area contributed by atoms with Crippen LogP contribution in [0, 0.1) is 12.8 Å². The summed E-state index contributed by atoms with van der Waals surface area (Å²) in [6.45, 7) is 4.62. The normalized spacial score (nSPS) is 15.1. The van der Waals surface area contributed by atoms with E-state index in [-0.39, 0.29) is 0 Å². The van der Waals surface area contributed by atoms with Crippen molar-refractivity contribution in [3.05, 3.63) is 18.0 Å². The fraction of sp³-hybridized carbons (Fsp3) is 0.667. The van der Waals surface area contributed by atoms with Crippen molar-refractivity contribution in [3.63, 3.8) is 0 Å². The molecular formula is C12H19N3O. The Morgan fingerprint density at radius 1 is 1.38 bits per heavy atom. The van der Waals surface area contributed by atoms with Crippen LogP contribution in [-0.4, -0.2) is 29.7 Å². The van der Waals surface area contributed by atoms with Gasteiger partial charge in [0.05, 0.1) is 0 Å². The van der Waals surface area contributed by atoms with E-state index in [1.165, 1.54) is 12.8 Å². The van der Waals surface area contributed by atoms with Crippen LogP contribution in [0.15, 0.2) is 12.4 Å². The smallest absolute Gasteiger partial charge is 0.222 e. The summed E-state index contributed by atoms with van der Waals surface area (Å²) in [7, 11) is 0. The monoisotopic (exact) mass is 221 g/mol. The van der Waals surface area contributed by atoms with Gasteiger partial charge in [-0.2, -0.15) is 0 Å². The third-order valence-corrected chi connectivity index (χ3v) is 2.58. The second-order valence-electron chi connectivity index (χ2n) is 4.38. The summed E-state index contributed by atoms with van der Waals surface area (Å²) in [5, 5.41) is 3.17. The largest absolute Gasteiger partial charge is 0.381 e. The lowest BCUT2D eigenvalue weighted by atomic mass is 10.4. The van der Waals surface area contributed by atoms with Gasteiger partial charge in [-0.1, -0.05) is 0 Å². The quantitative estimate of drug-likeness (QED) is 0.715. The molecule has 1 aliphatic rings. The van der Waals surface area contributed by atoms with Crippen LogP contribution in [0.5, 0.6) is 0 Å². The third-order valence-electron chi connectivity index (χ3n) is 2.58. The van der Waals surface area contributed by atoms with Crippen molar-refractivity contribution >= 4 is 5.95 Å². The van der Waals surface area contributed by atoms with Crippen LogP contribution in [0.1, 0.15) is 24.8 Å². The fourth-order valence-corrected chi connectivity index (χ4v) is 1.39. The zero-order valence-electron chi connectivity index (χ0n) is 9.78. The molecule has 0 aliphatic heterocycles. The number of nitrogens with zero attached hydrogens (tertiary/aromatic N) is 2. The number of aromatic nitrogens is 2. The molecule has 0 spiro atoms. The average Bonchev–Trinajstić information content (AvgIpc) is 3.10. The number of hydrogen-bond donors (Lipinski definition) is 1. The topological polar surface area (TPSA) is 47.0 Å². The van der Waals surface area contributed by atoms with Gasteiger partial charge in [0.15, 0.2) is 0 Å². The molecule has 1 aromatic rings. The van der Waals surface area contributed by atoms with E-state index in [4.69, 9.17) is 4.74 Å². The summed E-state index contributed by atoms with van der Waals surface area (Å²) in [5.41, 5.74) is 1.08. The summed E-state index contributed by atoms with van der Waals surface area (Å²) in [6.07, 6.45) is 7.35. The van der Waals surface area contributed by atoms with Crippen molar-refractivity contribution in [2.45, 2.75) is 26.2 Å². The van der Waals surface area contributed by atoms with Gasteiger partial charge in [-0.15, -0.1) is 0 Å². The van der Waals surface area contributed by atoms with Crippen LogP contribution in [0.2, 0.25) is 0 Å². The van der Waals surface area contributed by atoms with Crippen molar-refractivity contribution in [1.82, 2.24) is 9.97 Å². The number of ether oxygens (including phenoxy) is 1. The second-order valence-corrected chi connectivity index (χ2v) is 4.38. The molecule has 2 rings (SSSR count). The second kappa shape index (κ2) is 5.80. The molecule has 0 saturated heterocycles. The molecule has 1 N–H and O–H groups in total. The van der Waals surface area contributed by atoms with Crippen molar-refractivity contribution in [3.8, 4) is 0 Å². The maximum atomic E-state index is 5.53. The minimum absolute atomic E-state index is 0.702. The molecule has 1 saturated carbocycles. The lowest BCUT2D eigenvalue weighted by Gasteiger charge is -2.05. The van der Waals surface area contributed by atoms with E-state index >= 15 is 0 Å². The lowest BCUT2D eigenvalue weighted by Crippen LogP contribution is -2.08. The lowest BCUT2D eigenvalue weighted by molar-refractivity contribution is 0.124. The number of nitrogens with one attached hydrogen (secondary N) is 1. The summed E-state index contributed by atoms with van der Waals surface area (Å²) in [5.74, 6) is 1.56. The molecule has 0 unspecified atom stereocenters. The first-order valence-corrected chi connectivity index (χ1v) is 5.95. The van der Waals surface area contributed by atoms with E-state index in [0.29, 0.717) is 5.95 Å². The molecule has 0 atom stereocenters. The van der Waals surface area contributed by atoms with Gasteiger partial charge in [0.1, 0.15) is 0 Å². The SMILES string of the molecule is Cc1cnc(NCCCOCC2CC2)nc1. The van der Waals surface area contributed by atoms with Gasteiger partial charge in [0.2, 0.25) is 5.95 Å². The maximum Gasteiger partial charge on any atom is 0.222 e. The standard InChI is InChI=1S/C12H19N3O/c1-10-7-14-12(15-8-10)13-5-2-6-16-9-11-3-4-11/h7-8,11H,2-6,9H2,1H3,(H,13,14,15). The van der Waals surface area contributed by atoms with E-state index in [0.717, 1.165) is 37.7 Å². The Labute approximate surface area is 96.4 Å². The van der Waals surface area contributed by atoms with Crippen molar-refractivity contribution in [2.24, 2.45) is 5.92 Å². The molecule has 1 heterocycles. The Bertz CT molecular complexity index is 309. The highest BCUT2D eigenvalue weighted by Crippen LogP contribution is 2.28. The Balaban J connectivity index is 1.51. The molecule has 1 fully saturated rings. The van der Waals surface area contributed by atoms with E-state index < -0.39 is 0 Å². The van der Waals surface area contributed by atoms with Crippen LogP contribution in [-0.2, 0) is 4.74 Å². The molecule has 0 aromatic carbocycles. The molecule has 1 aromatic heterocycles. The molecular weight excluding hydrogens is 202 g/mol. The van der Waals surface area contributed by atoms with E-state index in [1.807, 2.05) is 19.3 Å². The Morgan fingerprint density at radius 3 is 2.81 bits per heavy atom. The summed E-state index contributed by atoms with van der Waals surface area (Å²) < 4.78 is 5.53. The van der Waals surface area contributed by atoms with Gasteiger partial charge in [-0.25, -0.2) is 9.97 Å². The predicted octanol–water partition coefficient (Wildman–Crippen LogP) is 2.01. The van der Waals surface area contributed by atoms with Crippen LogP contribution >= 0.6 is 0 Å². The van der Waals surface area contributed by atoms with Crippen LogP contribution < -0.4 is 5.32 Å². The first-order valence-electron chi connectivity index (χ1n) is 5.95. The molecule has 0 radical (unpaired) electrons. The molecule has 88 valence electrons. The number of aryl methyl sites for hydroxylation is 1. The zero-order valence-corrected chi connectivity index (χ0v) is 9.78. The summed E-state index contributed by atoms with van der Waals surface area (Å²) in [4.78, 5) is 8.34. The highest BCUT2D eigenvalue weighted by atomic mass is 16.5. The minimum Gasteiger partial charge on any atom is -0.381 e. The number of rotatable bonds is 7. The van der Waals surface area contributed by atoms with Gasteiger partial charge >= 0.3 is 0 Å². The minimum atomic E-state index is 0.702. The Morgan fingerprint density at radius 2 is 2.12 bits per heavy atom. The van der Waals surface area contributed by atoms with Gasteiger partial charge in [-0.3, -0.25) is 0 Å². The molecule has 0 amide bonds. The summed E-state index contributed by atoms with van der Waals surface area (Å²) >= 11 is 0. The molecule has 4 heteroatoms. The van der Waals surface area contributed by atoms with E-state index in [9.17, 15) is 0 Å². The highest BCUT2D eigenvalue weighted by Gasteiger charge is 2.20. The molecule has 1 aliphatic carbocycles. The van der Waals surface area contributed by atoms with Gasteiger partial charge in [-0.05, 0) is 37.7 Å². The fourth-order valence-electron chi connectivity index (χ4n) is 1.39. The first kappa shape index (κ1) is 11.3. The average molecular weight is 221 g/mol. The third kappa shape index (κ3) is 4.14. The van der Waals surface area contributed by atoms with Gasteiger partial charge in [0.25, 0.3) is 0 Å². The molecule has 4 nitrogen and oxygen atoms in total. The van der Waals surface area contributed by atoms with Gasteiger partial charge in [0, 0.05) is 32.2 Å². The Kier molecular flexibility index (Phi) is 4.10. The van der Waals surface area contributed by atoms with Crippen LogP contribution in [0.4, 0.5) is 5.95 Å². The van der Waals surface area contributed by atoms with Crippen LogP contribution in [0.25, 0.3) is 0 Å². The van der Waals surface area contributed by atoms with Crippen molar-refractivity contribution in [2.75, 3.05) is 25.1 Å². The van der Waals surface area contributed by atoms with Crippen LogP contribution in [0.3, 0.4) is 0 Å². The maximum absolute atomic E-state index is 5.53. The molecule has 16 heavy (non-hydrogen) atoms. The van der Waals surface area contributed by atoms with Crippen molar-refractivity contribution in [1.29, 1.82) is 0 Å². The van der Waals surface area contributed by atoms with Gasteiger partial charge < -0.3 is 10.1 Å². The van der Waals surface area contributed by atoms with E-state index in [1.54, 1.807) is 0 Å². The number of anilines is 1. The zero-order chi connectivity index (χ0) is 11.2. The van der Waals surface area contributed by atoms with Crippen molar-refractivity contribution < 1.29 is 4.74 Å². The predicted molar refractivity (Wildman–Crippen MR) is 63.4 cm³/mol. The molecule has 0 bridgehead atoms.